The van der Waals surface area contributed by atoms with Crippen LogP contribution in [0.2, 0.25) is 0 Å². The Labute approximate surface area is 158 Å². The third kappa shape index (κ3) is 3.96. The molecule has 0 unspecified atom stereocenters. The van der Waals surface area contributed by atoms with Crippen molar-refractivity contribution in [2.45, 2.75) is 30.7 Å². The Morgan fingerprint density at radius 3 is 2.81 bits per heavy atom. The molecule has 136 valence electrons. The summed E-state index contributed by atoms with van der Waals surface area (Å²) in [6, 6.07) is 6.00. The average Bonchev–Trinajstić information content (AvgIpc) is 3.04. The molecule has 3 aromatic rings. The van der Waals surface area contributed by atoms with E-state index in [9.17, 15) is 14.0 Å². The lowest BCUT2D eigenvalue weighted by Gasteiger charge is -2.10. The zero-order valence-electron chi connectivity index (χ0n) is 14.3. The van der Waals surface area contributed by atoms with Crippen LogP contribution in [0.1, 0.15) is 20.3 Å². The lowest BCUT2D eigenvalue weighted by atomic mass is 10.1. The number of halogens is 1. The maximum atomic E-state index is 13.1. The summed E-state index contributed by atoms with van der Waals surface area (Å²) >= 11 is 2.57. The summed E-state index contributed by atoms with van der Waals surface area (Å²) in [6.07, 6.45) is 0.867. The summed E-state index contributed by atoms with van der Waals surface area (Å²) in [6.45, 7) is 4.39. The van der Waals surface area contributed by atoms with Crippen molar-refractivity contribution in [3.63, 3.8) is 0 Å². The third-order valence-corrected chi connectivity index (χ3v) is 5.64. The van der Waals surface area contributed by atoms with E-state index in [4.69, 9.17) is 0 Å². The summed E-state index contributed by atoms with van der Waals surface area (Å²) in [5.74, 6) is -0.410. The first kappa shape index (κ1) is 18.6. The molecule has 0 aliphatic heterocycles. The van der Waals surface area contributed by atoms with Gasteiger partial charge in [0.1, 0.15) is 10.6 Å². The number of thioether (sulfide) groups is 1. The van der Waals surface area contributed by atoms with E-state index in [-0.39, 0.29) is 22.5 Å². The molecule has 0 spiro atoms. The van der Waals surface area contributed by atoms with Crippen LogP contribution in [-0.2, 0) is 4.79 Å². The van der Waals surface area contributed by atoms with E-state index in [2.05, 4.69) is 15.3 Å². The lowest BCUT2D eigenvalue weighted by Crippen LogP contribution is -2.31. The van der Waals surface area contributed by atoms with Gasteiger partial charge in [-0.05, 0) is 31.0 Å². The van der Waals surface area contributed by atoms with E-state index < -0.39 is 0 Å². The molecule has 0 saturated carbocycles. The molecule has 8 heteroatoms. The number of amides is 1. The number of benzene rings is 1. The summed E-state index contributed by atoms with van der Waals surface area (Å²) in [5.41, 5.74) is 1.22. The molecule has 0 saturated heterocycles. The molecular weight excluding hydrogens is 373 g/mol. The van der Waals surface area contributed by atoms with Gasteiger partial charge in [0.25, 0.3) is 5.56 Å². The smallest absolute Gasteiger partial charge is 0.260 e. The average molecular weight is 391 g/mol. The van der Waals surface area contributed by atoms with E-state index in [0.717, 1.165) is 17.5 Å². The number of nitrogens with zero attached hydrogens (tertiary/aromatic N) is 1. The van der Waals surface area contributed by atoms with Crippen molar-refractivity contribution in [2.75, 3.05) is 6.54 Å². The van der Waals surface area contributed by atoms with Crippen molar-refractivity contribution in [3.8, 4) is 11.1 Å². The van der Waals surface area contributed by atoms with E-state index in [1.807, 2.05) is 12.3 Å². The van der Waals surface area contributed by atoms with Gasteiger partial charge in [-0.3, -0.25) is 9.59 Å². The molecule has 0 aliphatic rings. The van der Waals surface area contributed by atoms with Gasteiger partial charge in [0.2, 0.25) is 5.91 Å². The van der Waals surface area contributed by atoms with Crippen molar-refractivity contribution >= 4 is 39.2 Å². The first-order valence-corrected chi connectivity index (χ1v) is 9.97. The molecule has 0 aliphatic carbocycles. The first-order chi connectivity index (χ1) is 12.5. The van der Waals surface area contributed by atoms with Crippen LogP contribution in [0.15, 0.2) is 39.6 Å². The fourth-order valence-electron chi connectivity index (χ4n) is 2.44. The van der Waals surface area contributed by atoms with Crippen molar-refractivity contribution in [1.82, 2.24) is 15.3 Å². The highest BCUT2D eigenvalue weighted by Crippen LogP contribution is 2.32. The van der Waals surface area contributed by atoms with Gasteiger partial charge in [0.05, 0.1) is 10.6 Å². The summed E-state index contributed by atoms with van der Waals surface area (Å²) in [7, 11) is 0. The second kappa shape index (κ2) is 8.01. The maximum Gasteiger partial charge on any atom is 0.260 e. The monoisotopic (exact) mass is 391 g/mol. The van der Waals surface area contributed by atoms with E-state index >= 15 is 0 Å². The predicted octanol–water partition coefficient (Wildman–Crippen LogP) is 3.80. The van der Waals surface area contributed by atoms with Gasteiger partial charge in [0, 0.05) is 17.5 Å². The van der Waals surface area contributed by atoms with Crippen LogP contribution in [0.3, 0.4) is 0 Å². The SMILES string of the molecule is CCCNC(=O)[C@H](C)Sc1nc2scc(-c3ccc(F)cc3)c2c(=O)[nH]1. The van der Waals surface area contributed by atoms with Gasteiger partial charge >= 0.3 is 0 Å². The number of carbonyl (C=O) groups is 1. The van der Waals surface area contributed by atoms with Crippen LogP contribution in [0.4, 0.5) is 4.39 Å². The number of H-pyrrole nitrogens is 1. The Bertz CT molecular complexity index is 982. The van der Waals surface area contributed by atoms with Crippen molar-refractivity contribution in [1.29, 1.82) is 0 Å². The number of thiophene rings is 1. The largest absolute Gasteiger partial charge is 0.355 e. The lowest BCUT2D eigenvalue weighted by molar-refractivity contribution is -0.120. The van der Waals surface area contributed by atoms with E-state index in [1.54, 1.807) is 19.1 Å². The molecule has 0 fully saturated rings. The first-order valence-electron chi connectivity index (χ1n) is 8.21. The molecular formula is C18H18FN3O2S2. The molecule has 26 heavy (non-hydrogen) atoms. The van der Waals surface area contributed by atoms with Gasteiger partial charge < -0.3 is 10.3 Å². The molecule has 5 nitrogen and oxygen atoms in total. The summed E-state index contributed by atoms with van der Waals surface area (Å²) in [4.78, 5) is 32.4. The van der Waals surface area contributed by atoms with Gasteiger partial charge in [0.15, 0.2) is 5.16 Å². The van der Waals surface area contributed by atoms with Crippen molar-refractivity contribution < 1.29 is 9.18 Å². The van der Waals surface area contributed by atoms with Gasteiger partial charge in [-0.15, -0.1) is 11.3 Å². The van der Waals surface area contributed by atoms with Gasteiger partial charge in [-0.25, -0.2) is 9.37 Å². The zero-order chi connectivity index (χ0) is 18.7. The fraction of sp³-hybridized carbons (Fsp3) is 0.278. The normalized spacial score (nSPS) is 12.3. The van der Waals surface area contributed by atoms with Crippen LogP contribution in [-0.4, -0.2) is 27.7 Å². The Hall–Kier alpha value is -2.19. The number of aromatic nitrogens is 2. The number of hydrogen-bond donors (Lipinski definition) is 2. The molecule has 1 amide bonds. The molecule has 3 rings (SSSR count). The third-order valence-electron chi connectivity index (χ3n) is 3.78. The summed E-state index contributed by atoms with van der Waals surface area (Å²) < 4.78 is 13.1. The van der Waals surface area contributed by atoms with Crippen LogP contribution in [0.5, 0.6) is 0 Å². The number of carbonyl (C=O) groups excluding carboxylic acids is 1. The van der Waals surface area contributed by atoms with Crippen LogP contribution < -0.4 is 10.9 Å². The topological polar surface area (TPSA) is 74.8 Å². The Kier molecular flexibility index (Phi) is 5.73. The minimum atomic E-state index is -0.362. The van der Waals surface area contributed by atoms with E-state index in [1.165, 1.54) is 35.2 Å². The minimum Gasteiger partial charge on any atom is -0.355 e. The molecule has 2 aromatic heterocycles. The maximum absolute atomic E-state index is 13.1. The van der Waals surface area contributed by atoms with Crippen molar-refractivity contribution in [3.05, 3.63) is 45.8 Å². The predicted molar refractivity (Wildman–Crippen MR) is 104 cm³/mol. The second-order valence-electron chi connectivity index (χ2n) is 5.76. The number of hydrogen-bond acceptors (Lipinski definition) is 5. The molecule has 1 atom stereocenters. The van der Waals surface area contributed by atoms with Crippen molar-refractivity contribution in [2.24, 2.45) is 0 Å². The van der Waals surface area contributed by atoms with Crippen LogP contribution in [0, 0.1) is 5.82 Å². The van der Waals surface area contributed by atoms with Crippen LogP contribution in [0.25, 0.3) is 21.3 Å². The standard InChI is InChI=1S/C18H18FN3O2S2/c1-3-8-20-15(23)10(2)26-18-21-16(24)14-13(9-25-17(14)22-18)11-4-6-12(19)7-5-11/h4-7,9-10H,3,8H2,1-2H3,(H,20,23)(H,21,22,24)/t10-/m0/s1. The number of aromatic amines is 1. The highest BCUT2D eigenvalue weighted by atomic mass is 32.2. The van der Waals surface area contributed by atoms with E-state index in [0.29, 0.717) is 21.9 Å². The summed E-state index contributed by atoms with van der Waals surface area (Å²) in [5, 5.41) is 5.20. The van der Waals surface area contributed by atoms with Gasteiger partial charge in [-0.2, -0.15) is 0 Å². The zero-order valence-corrected chi connectivity index (χ0v) is 16.0. The van der Waals surface area contributed by atoms with Gasteiger partial charge in [-0.1, -0.05) is 30.8 Å². The minimum absolute atomic E-state index is 0.0854. The number of nitrogens with one attached hydrogen (secondary N) is 2. The quantitative estimate of drug-likeness (QED) is 0.495. The molecule has 2 N–H and O–H groups in total. The Morgan fingerprint density at radius 2 is 2.12 bits per heavy atom. The molecule has 2 heterocycles. The Morgan fingerprint density at radius 1 is 1.38 bits per heavy atom. The molecule has 0 radical (unpaired) electrons. The Balaban J connectivity index is 1.89. The fourth-order valence-corrected chi connectivity index (χ4v) is 4.27. The highest BCUT2D eigenvalue weighted by Gasteiger charge is 2.18. The molecule has 0 bridgehead atoms. The number of fused-ring (bicyclic) bond motifs is 1. The van der Waals surface area contributed by atoms with Crippen LogP contribution >= 0.6 is 23.1 Å². The molecule has 1 aromatic carbocycles. The highest BCUT2D eigenvalue weighted by molar-refractivity contribution is 8.00. The second-order valence-corrected chi connectivity index (χ2v) is 7.95. The number of rotatable bonds is 6.